The largest absolute Gasteiger partial charge is 0.418 e. The van der Waals surface area contributed by atoms with Gasteiger partial charge >= 0.3 is 6.18 Å². The van der Waals surface area contributed by atoms with Crippen LogP contribution >= 0.6 is 15.9 Å². The summed E-state index contributed by atoms with van der Waals surface area (Å²) in [5.41, 5.74) is 0.976. The van der Waals surface area contributed by atoms with Gasteiger partial charge in [0.05, 0.1) is 11.3 Å². The molecule has 0 spiro atoms. The number of carbonyl (C=O) groups is 1. The number of benzene rings is 1. The van der Waals surface area contributed by atoms with Gasteiger partial charge in [-0.1, -0.05) is 94.4 Å². The third-order valence-electron chi connectivity index (χ3n) is 5.58. The number of carbonyl (C=O) groups excluding carboxylic acids is 1. The van der Waals surface area contributed by atoms with Crippen molar-refractivity contribution in [2.24, 2.45) is 4.99 Å². The Kier molecular flexibility index (Phi) is 23.3. The van der Waals surface area contributed by atoms with Crippen LogP contribution in [0.1, 0.15) is 100 Å². The quantitative estimate of drug-likeness (QED) is 0.109. The van der Waals surface area contributed by atoms with E-state index in [2.05, 4.69) is 41.3 Å². The molecule has 0 radical (unpaired) electrons. The number of hydrogen-bond acceptors (Lipinski definition) is 2. The Labute approximate surface area is 248 Å². The van der Waals surface area contributed by atoms with Crippen LogP contribution in [0.5, 0.6) is 0 Å². The normalized spacial score (nSPS) is 13.9. The van der Waals surface area contributed by atoms with Crippen molar-refractivity contribution in [3.05, 3.63) is 93.4 Å². The monoisotopic (exact) mass is 629 g/mol. The number of allylic oxidation sites excluding steroid dienone is 9. The van der Waals surface area contributed by atoms with Crippen molar-refractivity contribution in [2.45, 2.75) is 101 Å². The van der Waals surface area contributed by atoms with Crippen molar-refractivity contribution >= 4 is 27.4 Å². The summed E-state index contributed by atoms with van der Waals surface area (Å²) < 4.78 is 53.4. The first-order valence-corrected chi connectivity index (χ1v) is 14.0. The zero-order valence-corrected chi connectivity index (χ0v) is 26.4. The smallest absolute Gasteiger partial charge is 0.293 e. The van der Waals surface area contributed by atoms with Gasteiger partial charge in [-0.2, -0.15) is 13.2 Å². The molecule has 0 fully saturated rings. The van der Waals surface area contributed by atoms with Crippen LogP contribution in [0.3, 0.4) is 0 Å². The average molecular weight is 631 g/mol. The molecule has 2 nitrogen and oxygen atoms in total. The van der Waals surface area contributed by atoms with Gasteiger partial charge < -0.3 is 0 Å². The molecule has 1 rings (SSSR count). The van der Waals surface area contributed by atoms with Gasteiger partial charge in [0.25, 0.3) is 0 Å². The van der Waals surface area contributed by atoms with Crippen molar-refractivity contribution in [2.75, 3.05) is 0 Å². The summed E-state index contributed by atoms with van der Waals surface area (Å²) in [6.45, 7) is 19.4. The maximum Gasteiger partial charge on any atom is 0.418 e. The summed E-state index contributed by atoms with van der Waals surface area (Å²) in [4.78, 5) is 15.4. The summed E-state index contributed by atoms with van der Waals surface area (Å²) >= 11 is 3.10. The Morgan fingerprint density at radius 2 is 1.52 bits per heavy atom. The van der Waals surface area contributed by atoms with E-state index < -0.39 is 17.5 Å². The molecule has 0 N–H and O–H groups in total. The minimum absolute atomic E-state index is 0. The van der Waals surface area contributed by atoms with Crippen LogP contribution in [-0.4, -0.2) is 17.7 Å². The maximum absolute atomic E-state index is 13.5. The van der Waals surface area contributed by atoms with E-state index in [0.717, 1.165) is 12.5 Å². The van der Waals surface area contributed by atoms with E-state index in [1.807, 2.05) is 26.0 Å². The number of nitrogens with zero attached hydrogens (tertiary/aromatic N) is 1. The van der Waals surface area contributed by atoms with Crippen LogP contribution in [-0.2, 0) is 4.79 Å². The van der Waals surface area contributed by atoms with Crippen molar-refractivity contribution in [1.82, 2.24) is 0 Å². The first-order valence-electron chi connectivity index (χ1n) is 13.2. The zero-order valence-electron chi connectivity index (χ0n) is 24.8. The first-order chi connectivity index (χ1) is 18.3. The lowest BCUT2D eigenvalue weighted by molar-refractivity contribution is -0.113. The second kappa shape index (κ2) is 22.2. The summed E-state index contributed by atoms with van der Waals surface area (Å²) in [6.07, 6.45) is 4.64. The number of hydrogen-bond donors (Lipinski definition) is 0. The molecule has 1 atom stereocenters. The predicted molar refractivity (Wildman–Crippen MR) is 170 cm³/mol. The lowest BCUT2D eigenvalue weighted by Gasteiger charge is -2.14. The van der Waals surface area contributed by atoms with E-state index in [0.29, 0.717) is 21.5 Å². The zero-order chi connectivity index (χ0) is 30.8. The van der Waals surface area contributed by atoms with Crippen LogP contribution < -0.4 is 0 Å². The Morgan fingerprint density at radius 1 is 1.02 bits per heavy atom. The fourth-order valence-corrected chi connectivity index (χ4v) is 3.97. The molecule has 0 bridgehead atoms. The van der Waals surface area contributed by atoms with E-state index >= 15 is 0 Å². The molecule has 0 saturated carbocycles. The molecular formula is C33H48BrF4NO. The van der Waals surface area contributed by atoms with Crippen LogP contribution in [0.15, 0.2) is 87.0 Å². The highest BCUT2D eigenvalue weighted by molar-refractivity contribution is 9.11. The van der Waals surface area contributed by atoms with Crippen LogP contribution in [0.25, 0.3) is 0 Å². The highest BCUT2D eigenvalue weighted by atomic mass is 79.9. The van der Waals surface area contributed by atoms with Gasteiger partial charge in [-0.3, -0.25) is 4.79 Å². The molecule has 0 aliphatic carbocycles. The molecule has 0 saturated heterocycles. The van der Waals surface area contributed by atoms with Gasteiger partial charge in [0.15, 0.2) is 5.78 Å². The van der Waals surface area contributed by atoms with E-state index in [1.54, 1.807) is 45.1 Å². The number of aliphatic imine (C=N–C) groups is 1. The van der Waals surface area contributed by atoms with E-state index in [1.165, 1.54) is 38.3 Å². The molecule has 0 aliphatic rings. The summed E-state index contributed by atoms with van der Waals surface area (Å²) in [6, 6.07) is 6.90. The van der Waals surface area contributed by atoms with E-state index in [-0.39, 0.29) is 24.7 Å². The van der Waals surface area contributed by atoms with Gasteiger partial charge in [0, 0.05) is 11.4 Å². The lowest BCUT2D eigenvalue weighted by Crippen LogP contribution is -2.19. The highest BCUT2D eigenvalue weighted by Crippen LogP contribution is 2.30. The topological polar surface area (TPSA) is 29.4 Å². The van der Waals surface area contributed by atoms with Gasteiger partial charge in [-0.25, -0.2) is 9.38 Å². The molecule has 0 aromatic heterocycles. The Hall–Kier alpha value is -2.54. The van der Waals surface area contributed by atoms with Crippen LogP contribution in [0.4, 0.5) is 17.6 Å². The fourth-order valence-electron chi connectivity index (χ4n) is 3.60. The Balaban J connectivity index is -0.000000720. The third kappa shape index (κ3) is 15.3. The molecule has 40 heavy (non-hydrogen) atoms. The molecule has 1 aromatic carbocycles. The number of ketones is 1. The fraction of sp³-hybridized carbons (Fsp3) is 0.455. The highest BCUT2D eigenvalue weighted by Gasteiger charge is 2.36. The van der Waals surface area contributed by atoms with Gasteiger partial charge in [0.2, 0.25) is 0 Å². The second-order valence-electron chi connectivity index (χ2n) is 8.33. The van der Waals surface area contributed by atoms with E-state index in [4.69, 9.17) is 0 Å². The third-order valence-corrected chi connectivity index (χ3v) is 5.96. The van der Waals surface area contributed by atoms with Gasteiger partial charge in [-0.05, 0) is 81.4 Å². The molecule has 0 heterocycles. The van der Waals surface area contributed by atoms with E-state index in [9.17, 15) is 22.4 Å². The first kappa shape index (κ1) is 41.9. The number of alkyl halides is 3. The molecule has 0 aliphatic heterocycles. The lowest BCUT2D eigenvalue weighted by atomic mass is 9.92. The number of rotatable bonds is 10. The van der Waals surface area contributed by atoms with Crippen molar-refractivity contribution < 1.29 is 22.4 Å². The van der Waals surface area contributed by atoms with Crippen molar-refractivity contribution in [1.29, 1.82) is 0 Å². The summed E-state index contributed by atoms with van der Waals surface area (Å²) in [7, 11) is 0. The molecule has 1 unspecified atom stereocenters. The van der Waals surface area contributed by atoms with Gasteiger partial charge in [0.1, 0.15) is 11.5 Å². The Bertz CT molecular complexity index is 1050. The summed E-state index contributed by atoms with van der Waals surface area (Å²) in [5.74, 6) is 0.0393. The van der Waals surface area contributed by atoms with Gasteiger partial charge in [-0.15, -0.1) is 0 Å². The maximum atomic E-state index is 13.5. The Morgan fingerprint density at radius 3 is 1.85 bits per heavy atom. The van der Waals surface area contributed by atoms with Crippen LogP contribution in [0, 0.1) is 5.82 Å². The molecule has 226 valence electrons. The average Bonchev–Trinajstić information content (AvgIpc) is 2.89. The number of Topliss-reactive ketones (excluding diaryl/α,β-unsaturated/α-hetero) is 1. The minimum atomic E-state index is -4.61. The minimum Gasteiger partial charge on any atom is -0.293 e. The second-order valence-corrected chi connectivity index (χ2v) is 9.52. The molecule has 7 heteroatoms. The van der Waals surface area contributed by atoms with Crippen LogP contribution in [0.2, 0.25) is 0 Å². The SMILES string of the molecule is C.C=CC(=C\C)/C(=C/C)/C=C(\C(C)=N/C(C(C)=O)=C(\C)Br)C(F)(F)F.CC.CCCC(CC)c1ccc(F)cc1. The van der Waals surface area contributed by atoms with Crippen molar-refractivity contribution in [3.8, 4) is 0 Å². The summed E-state index contributed by atoms with van der Waals surface area (Å²) in [5, 5.41) is 0. The number of halogens is 5. The molecule has 0 amide bonds. The van der Waals surface area contributed by atoms with Crippen molar-refractivity contribution in [3.63, 3.8) is 0 Å². The molecule has 1 aromatic rings. The predicted octanol–water partition coefficient (Wildman–Crippen LogP) is 12.0. The molecular weight excluding hydrogens is 582 g/mol. The standard InChI is InChI=1S/C18H21BrF3NO.C12H17F.C2H6.CH4/c1-7-14(8-2)15(9-3)10-16(18(20,21)22)12(5)23-17(11(4)19)13(6)24;1-3-5-10(4-2)11-6-8-12(13)9-7-11;1-2;/h7-10H,1H2,2-6H3;6-10H,3-5H2,1-2H3;1-2H3;1H4/b14-8+,15-9+,16-10+,17-11+,23-12-;;;.